The highest BCUT2D eigenvalue weighted by Crippen LogP contribution is 2.30. The van der Waals surface area contributed by atoms with Crippen LogP contribution in [0.4, 0.5) is 0 Å². The largest absolute Gasteiger partial charge is 0.504 e. The molecule has 2 N–H and O–H groups in total. The second kappa shape index (κ2) is 6.91. The van der Waals surface area contributed by atoms with Crippen molar-refractivity contribution in [2.24, 2.45) is 0 Å². The Hall–Kier alpha value is -2.07. The van der Waals surface area contributed by atoms with E-state index >= 15 is 0 Å². The molecular formula is C16H20N2O2. The van der Waals surface area contributed by atoms with E-state index in [0.717, 1.165) is 5.56 Å². The van der Waals surface area contributed by atoms with Crippen molar-refractivity contribution < 1.29 is 9.84 Å². The van der Waals surface area contributed by atoms with Gasteiger partial charge in [0.15, 0.2) is 11.5 Å². The van der Waals surface area contributed by atoms with Gasteiger partial charge in [0.2, 0.25) is 0 Å². The first-order valence-corrected chi connectivity index (χ1v) is 6.79. The smallest absolute Gasteiger partial charge is 0.162 e. The maximum absolute atomic E-state index is 10.1. The van der Waals surface area contributed by atoms with Crippen molar-refractivity contribution in [3.8, 4) is 11.5 Å². The molecule has 1 atom stereocenters. The van der Waals surface area contributed by atoms with Gasteiger partial charge in [0.1, 0.15) is 0 Å². The van der Waals surface area contributed by atoms with Crippen LogP contribution in [0.15, 0.2) is 42.7 Å². The van der Waals surface area contributed by atoms with Gasteiger partial charge < -0.3 is 15.2 Å². The average Bonchev–Trinajstić information content (AvgIpc) is 2.49. The van der Waals surface area contributed by atoms with Crippen molar-refractivity contribution in [2.75, 3.05) is 6.61 Å². The van der Waals surface area contributed by atoms with Crippen molar-refractivity contribution >= 4 is 0 Å². The van der Waals surface area contributed by atoms with Gasteiger partial charge >= 0.3 is 0 Å². The molecular weight excluding hydrogens is 252 g/mol. The number of aromatic nitrogens is 1. The Morgan fingerprint density at radius 2 is 2.00 bits per heavy atom. The summed E-state index contributed by atoms with van der Waals surface area (Å²) in [6, 6.07) is 9.70. The van der Waals surface area contributed by atoms with Crippen molar-refractivity contribution in [1.29, 1.82) is 0 Å². The molecule has 2 aromatic rings. The molecule has 0 amide bonds. The molecule has 4 nitrogen and oxygen atoms in total. The first kappa shape index (κ1) is 14.3. The summed E-state index contributed by atoms with van der Waals surface area (Å²) in [6.45, 7) is 5.10. The van der Waals surface area contributed by atoms with E-state index in [1.165, 1.54) is 5.56 Å². The predicted octanol–water partition coefficient (Wildman–Crippen LogP) is 3.04. The molecule has 0 bridgehead atoms. The summed E-state index contributed by atoms with van der Waals surface area (Å²) in [6.07, 6.45) is 3.56. The molecule has 1 aromatic carbocycles. The average molecular weight is 272 g/mol. The molecule has 2 rings (SSSR count). The molecule has 1 heterocycles. The number of nitrogens with zero attached hydrogens (tertiary/aromatic N) is 1. The summed E-state index contributed by atoms with van der Waals surface area (Å²) in [7, 11) is 0. The van der Waals surface area contributed by atoms with Crippen LogP contribution in [0.25, 0.3) is 0 Å². The number of pyridine rings is 1. The lowest BCUT2D eigenvalue weighted by molar-refractivity contribution is 0.316. The Morgan fingerprint density at radius 1 is 1.25 bits per heavy atom. The molecule has 0 saturated heterocycles. The fraction of sp³-hybridized carbons (Fsp3) is 0.312. The van der Waals surface area contributed by atoms with Crippen LogP contribution >= 0.6 is 0 Å². The molecule has 0 radical (unpaired) electrons. The number of hydrogen-bond donors (Lipinski definition) is 2. The number of para-hydroxylation sites is 1. The molecule has 1 unspecified atom stereocenters. The van der Waals surface area contributed by atoms with Gasteiger partial charge in [-0.15, -0.1) is 0 Å². The SMILES string of the molecule is CCOc1cccc(CNC(C)c2ccncc2)c1O. The summed E-state index contributed by atoms with van der Waals surface area (Å²) in [5, 5.41) is 13.5. The summed E-state index contributed by atoms with van der Waals surface area (Å²) in [4.78, 5) is 4.01. The zero-order valence-electron chi connectivity index (χ0n) is 11.8. The van der Waals surface area contributed by atoms with Crippen molar-refractivity contribution in [2.45, 2.75) is 26.4 Å². The zero-order chi connectivity index (χ0) is 14.4. The van der Waals surface area contributed by atoms with Gasteiger partial charge in [-0.2, -0.15) is 0 Å². The highest BCUT2D eigenvalue weighted by atomic mass is 16.5. The van der Waals surface area contributed by atoms with Crippen LogP contribution < -0.4 is 10.1 Å². The van der Waals surface area contributed by atoms with Crippen molar-refractivity contribution in [1.82, 2.24) is 10.3 Å². The van der Waals surface area contributed by atoms with Crippen LogP contribution in [0.1, 0.15) is 31.0 Å². The van der Waals surface area contributed by atoms with Crippen molar-refractivity contribution in [3.05, 3.63) is 53.9 Å². The van der Waals surface area contributed by atoms with Gasteiger partial charge in [-0.25, -0.2) is 0 Å². The molecule has 0 aliphatic rings. The summed E-state index contributed by atoms with van der Waals surface area (Å²) >= 11 is 0. The number of ether oxygens (including phenoxy) is 1. The van der Waals surface area contributed by atoms with Gasteiger partial charge in [-0.1, -0.05) is 12.1 Å². The predicted molar refractivity (Wildman–Crippen MR) is 78.8 cm³/mol. The van der Waals surface area contributed by atoms with Gasteiger partial charge in [-0.3, -0.25) is 4.98 Å². The molecule has 0 fully saturated rings. The molecule has 0 saturated carbocycles. The molecule has 0 spiro atoms. The van der Waals surface area contributed by atoms with Crippen LogP contribution in [0.5, 0.6) is 11.5 Å². The van der Waals surface area contributed by atoms with Gasteiger partial charge in [0.25, 0.3) is 0 Å². The molecule has 0 aliphatic carbocycles. The number of benzene rings is 1. The second-order valence-electron chi connectivity index (χ2n) is 4.58. The minimum atomic E-state index is 0.188. The fourth-order valence-corrected chi connectivity index (χ4v) is 2.02. The van der Waals surface area contributed by atoms with Gasteiger partial charge in [-0.05, 0) is 37.6 Å². The highest BCUT2D eigenvalue weighted by molar-refractivity contribution is 5.45. The Morgan fingerprint density at radius 3 is 2.70 bits per heavy atom. The van der Waals surface area contributed by atoms with Crippen LogP contribution in [-0.4, -0.2) is 16.7 Å². The van der Waals surface area contributed by atoms with E-state index in [1.54, 1.807) is 18.5 Å². The lowest BCUT2D eigenvalue weighted by atomic mass is 10.1. The Kier molecular flexibility index (Phi) is 4.96. The quantitative estimate of drug-likeness (QED) is 0.848. The molecule has 106 valence electrons. The third-order valence-electron chi connectivity index (χ3n) is 3.19. The van der Waals surface area contributed by atoms with Gasteiger partial charge in [0.05, 0.1) is 6.61 Å². The van der Waals surface area contributed by atoms with E-state index in [4.69, 9.17) is 4.74 Å². The summed E-state index contributed by atoms with van der Waals surface area (Å²) in [5.74, 6) is 0.743. The maximum atomic E-state index is 10.1. The Balaban J connectivity index is 2.02. The number of phenolic OH excluding ortho intramolecular Hbond substituents is 1. The fourth-order valence-electron chi connectivity index (χ4n) is 2.02. The van der Waals surface area contributed by atoms with E-state index in [2.05, 4.69) is 17.2 Å². The topological polar surface area (TPSA) is 54.4 Å². The first-order chi connectivity index (χ1) is 9.72. The van der Waals surface area contributed by atoms with Crippen LogP contribution in [0, 0.1) is 0 Å². The molecule has 4 heteroatoms. The van der Waals surface area contributed by atoms with E-state index in [9.17, 15) is 5.11 Å². The minimum Gasteiger partial charge on any atom is -0.504 e. The molecule has 20 heavy (non-hydrogen) atoms. The van der Waals surface area contributed by atoms with Crippen LogP contribution in [-0.2, 0) is 6.54 Å². The minimum absolute atomic E-state index is 0.188. The van der Waals surface area contributed by atoms with E-state index in [-0.39, 0.29) is 11.8 Å². The van der Waals surface area contributed by atoms with Gasteiger partial charge in [0, 0.05) is 30.5 Å². The van der Waals surface area contributed by atoms with E-state index < -0.39 is 0 Å². The zero-order valence-corrected chi connectivity index (χ0v) is 11.8. The number of phenols is 1. The second-order valence-corrected chi connectivity index (χ2v) is 4.58. The van der Waals surface area contributed by atoms with Crippen LogP contribution in [0.3, 0.4) is 0 Å². The van der Waals surface area contributed by atoms with Crippen LogP contribution in [0.2, 0.25) is 0 Å². The first-order valence-electron chi connectivity index (χ1n) is 6.79. The molecule has 1 aromatic heterocycles. The Labute approximate surface area is 119 Å². The number of aromatic hydroxyl groups is 1. The summed E-state index contributed by atoms with van der Waals surface area (Å²) < 4.78 is 5.38. The Bertz CT molecular complexity index is 543. The van der Waals surface area contributed by atoms with E-state index in [0.29, 0.717) is 18.9 Å². The number of hydrogen-bond acceptors (Lipinski definition) is 4. The standard InChI is InChI=1S/C16H20N2O2/c1-3-20-15-6-4-5-14(16(15)19)11-18-12(2)13-7-9-17-10-8-13/h4-10,12,18-19H,3,11H2,1-2H3. The van der Waals surface area contributed by atoms with E-state index in [1.807, 2.05) is 31.2 Å². The lowest BCUT2D eigenvalue weighted by Crippen LogP contribution is -2.18. The lowest BCUT2D eigenvalue weighted by Gasteiger charge is -2.15. The highest BCUT2D eigenvalue weighted by Gasteiger charge is 2.09. The normalized spacial score (nSPS) is 12.1. The maximum Gasteiger partial charge on any atom is 0.162 e. The monoisotopic (exact) mass is 272 g/mol. The summed E-state index contributed by atoms with van der Waals surface area (Å²) in [5.41, 5.74) is 2.00. The van der Waals surface area contributed by atoms with Crippen molar-refractivity contribution in [3.63, 3.8) is 0 Å². The third-order valence-corrected chi connectivity index (χ3v) is 3.19. The molecule has 0 aliphatic heterocycles. The number of rotatable bonds is 6. The third kappa shape index (κ3) is 3.48. The number of nitrogens with one attached hydrogen (secondary N) is 1.